The van der Waals surface area contributed by atoms with Crippen molar-refractivity contribution in [1.82, 2.24) is 4.90 Å². The molecule has 0 bridgehead atoms. The molecule has 0 saturated heterocycles. The molecule has 4 heteroatoms. The molecular formula is C11H17N3O. The molecular weight excluding hydrogens is 190 g/mol. The van der Waals surface area contributed by atoms with E-state index >= 15 is 0 Å². The summed E-state index contributed by atoms with van der Waals surface area (Å²) in [5, 5.41) is 2.79. The number of urea groups is 1. The minimum Gasteiger partial charge on any atom is -0.399 e. The van der Waals surface area contributed by atoms with Gasteiger partial charge >= 0.3 is 6.03 Å². The molecule has 0 atom stereocenters. The molecule has 0 unspecified atom stereocenters. The largest absolute Gasteiger partial charge is 0.399 e. The maximum atomic E-state index is 11.5. The molecule has 0 aliphatic carbocycles. The maximum Gasteiger partial charge on any atom is 0.321 e. The van der Waals surface area contributed by atoms with Crippen LogP contribution in [0.1, 0.15) is 12.5 Å². The van der Waals surface area contributed by atoms with Crippen LogP contribution in [0.25, 0.3) is 0 Å². The van der Waals surface area contributed by atoms with Gasteiger partial charge in [0.1, 0.15) is 0 Å². The minimum atomic E-state index is -0.110. The molecule has 3 N–H and O–H groups in total. The van der Waals surface area contributed by atoms with E-state index in [9.17, 15) is 4.79 Å². The van der Waals surface area contributed by atoms with E-state index in [1.54, 1.807) is 24.1 Å². The highest BCUT2D eigenvalue weighted by Gasteiger charge is 2.06. The third kappa shape index (κ3) is 2.87. The Morgan fingerprint density at radius 2 is 2.20 bits per heavy atom. The first-order valence-corrected chi connectivity index (χ1v) is 4.92. The Bertz CT molecular complexity index is 363. The van der Waals surface area contributed by atoms with Crippen molar-refractivity contribution in [3.8, 4) is 0 Å². The number of hydrogen-bond acceptors (Lipinski definition) is 2. The zero-order valence-corrected chi connectivity index (χ0v) is 9.37. The molecule has 2 amide bonds. The molecule has 0 aliphatic heterocycles. The van der Waals surface area contributed by atoms with E-state index in [4.69, 9.17) is 5.73 Å². The smallest absolute Gasteiger partial charge is 0.321 e. The average molecular weight is 207 g/mol. The Kier molecular flexibility index (Phi) is 3.55. The lowest BCUT2D eigenvalue weighted by atomic mass is 10.2. The van der Waals surface area contributed by atoms with Gasteiger partial charge in [-0.1, -0.05) is 0 Å². The zero-order valence-electron chi connectivity index (χ0n) is 9.37. The summed E-state index contributed by atoms with van der Waals surface area (Å²) in [5.74, 6) is 0. The lowest BCUT2D eigenvalue weighted by Crippen LogP contribution is -2.30. The lowest BCUT2D eigenvalue weighted by Gasteiger charge is -2.15. The predicted octanol–water partition coefficient (Wildman–Crippen LogP) is 2.06. The number of aryl methyl sites for hydroxylation is 1. The molecule has 0 spiro atoms. The van der Waals surface area contributed by atoms with E-state index in [-0.39, 0.29) is 6.03 Å². The van der Waals surface area contributed by atoms with Crippen molar-refractivity contribution in [2.75, 3.05) is 24.6 Å². The normalized spacial score (nSPS) is 9.80. The fourth-order valence-electron chi connectivity index (χ4n) is 1.12. The van der Waals surface area contributed by atoms with Crippen LogP contribution in [0, 0.1) is 6.92 Å². The second-order valence-electron chi connectivity index (χ2n) is 3.52. The Labute approximate surface area is 90.1 Å². The lowest BCUT2D eigenvalue weighted by molar-refractivity contribution is 0.224. The number of nitrogens with one attached hydrogen (secondary N) is 1. The molecule has 15 heavy (non-hydrogen) atoms. The van der Waals surface area contributed by atoms with E-state index in [1.807, 2.05) is 19.9 Å². The highest BCUT2D eigenvalue weighted by Crippen LogP contribution is 2.16. The van der Waals surface area contributed by atoms with Crippen molar-refractivity contribution < 1.29 is 4.79 Å². The van der Waals surface area contributed by atoms with Crippen LogP contribution < -0.4 is 11.1 Å². The highest BCUT2D eigenvalue weighted by atomic mass is 16.2. The molecule has 0 aromatic heterocycles. The summed E-state index contributed by atoms with van der Waals surface area (Å²) in [5.41, 5.74) is 8.15. The third-order valence-electron chi connectivity index (χ3n) is 2.34. The molecule has 0 heterocycles. The molecule has 82 valence electrons. The first-order valence-electron chi connectivity index (χ1n) is 4.92. The number of nitrogens with two attached hydrogens (primary N) is 1. The van der Waals surface area contributed by atoms with Gasteiger partial charge in [0.2, 0.25) is 0 Å². The molecule has 0 saturated carbocycles. The van der Waals surface area contributed by atoms with Gasteiger partial charge in [-0.05, 0) is 37.6 Å². The fraction of sp³-hybridized carbons (Fsp3) is 0.364. The second-order valence-corrected chi connectivity index (χ2v) is 3.52. The standard InChI is InChI=1S/C11H17N3O/c1-4-14(3)11(15)13-9-5-6-10(12)8(2)7-9/h5-7H,4,12H2,1-3H3,(H,13,15). The SMILES string of the molecule is CCN(C)C(=O)Nc1ccc(N)c(C)c1. The van der Waals surface area contributed by atoms with Gasteiger partial charge < -0.3 is 16.0 Å². The van der Waals surface area contributed by atoms with Gasteiger partial charge in [0.25, 0.3) is 0 Å². The Morgan fingerprint density at radius 1 is 1.53 bits per heavy atom. The molecule has 1 aromatic rings. The number of amides is 2. The molecule has 1 rings (SSSR count). The van der Waals surface area contributed by atoms with Crippen LogP contribution in [-0.4, -0.2) is 24.5 Å². The van der Waals surface area contributed by atoms with Crippen LogP contribution in [0.3, 0.4) is 0 Å². The summed E-state index contributed by atoms with van der Waals surface area (Å²) < 4.78 is 0. The number of hydrogen-bond donors (Lipinski definition) is 2. The predicted molar refractivity (Wildman–Crippen MR) is 62.9 cm³/mol. The van der Waals surface area contributed by atoms with Crippen LogP contribution in [0.2, 0.25) is 0 Å². The van der Waals surface area contributed by atoms with E-state index in [0.717, 1.165) is 16.9 Å². The van der Waals surface area contributed by atoms with Crippen molar-refractivity contribution in [2.45, 2.75) is 13.8 Å². The van der Waals surface area contributed by atoms with Gasteiger partial charge in [0, 0.05) is 25.0 Å². The van der Waals surface area contributed by atoms with Gasteiger partial charge in [-0.25, -0.2) is 4.79 Å². The first-order chi connectivity index (χ1) is 7.04. The molecule has 1 aromatic carbocycles. The Hall–Kier alpha value is -1.71. The summed E-state index contributed by atoms with van der Waals surface area (Å²) in [6, 6.07) is 5.33. The average Bonchev–Trinajstić information content (AvgIpc) is 2.22. The number of benzene rings is 1. The van der Waals surface area contributed by atoms with Crippen LogP contribution in [0.5, 0.6) is 0 Å². The maximum absolute atomic E-state index is 11.5. The van der Waals surface area contributed by atoms with Gasteiger partial charge in [-0.2, -0.15) is 0 Å². The van der Waals surface area contributed by atoms with Crippen molar-refractivity contribution >= 4 is 17.4 Å². The summed E-state index contributed by atoms with van der Waals surface area (Å²) in [6.45, 7) is 4.52. The molecule has 0 fully saturated rings. The van der Waals surface area contributed by atoms with Crippen LogP contribution in [0.15, 0.2) is 18.2 Å². The monoisotopic (exact) mass is 207 g/mol. The number of nitrogen functional groups attached to an aromatic ring is 1. The van der Waals surface area contributed by atoms with Crippen molar-refractivity contribution in [1.29, 1.82) is 0 Å². The van der Waals surface area contributed by atoms with E-state index < -0.39 is 0 Å². The summed E-state index contributed by atoms with van der Waals surface area (Å²) in [7, 11) is 1.75. The van der Waals surface area contributed by atoms with Crippen molar-refractivity contribution in [2.24, 2.45) is 0 Å². The van der Waals surface area contributed by atoms with Gasteiger partial charge in [-0.15, -0.1) is 0 Å². The highest BCUT2D eigenvalue weighted by molar-refractivity contribution is 5.89. The minimum absolute atomic E-state index is 0.110. The van der Waals surface area contributed by atoms with Crippen LogP contribution >= 0.6 is 0 Å². The van der Waals surface area contributed by atoms with Crippen LogP contribution in [-0.2, 0) is 0 Å². The number of anilines is 2. The summed E-state index contributed by atoms with van der Waals surface area (Å²) in [4.78, 5) is 13.1. The molecule has 0 aliphatic rings. The van der Waals surface area contributed by atoms with Crippen LogP contribution in [0.4, 0.5) is 16.2 Å². The number of rotatable bonds is 2. The number of nitrogens with zero attached hydrogens (tertiary/aromatic N) is 1. The van der Waals surface area contributed by atoms with Gasteiger partial charge in [0.05, 0.1) is 0 Å². The molecule has 4 nitrogen and oxygen atoms in total. The second kappa shape index (κ2) is 4.68. The van der Waals surface area contributed by atoms with Crippen molar-refractivity contribution in [3.63, 3.8) is 0 Å². The quantitative estimate of drug-likeness (QED) is 0.729. The first kappa shape index (κ1) is 11.4. The van der Waals surface area contributed by atoms with Crippen molar-refractivity contribution in [3.05, 3.63) is 23.8 Å². The fourth-order valence-corrected chi connectivity index (χ4v) is 1.12. The summed E-state index contributed by atoms with van der Waals surface area (Å²) >= 11 is 0. The topological polar surface area (TPSA) is 58.4 Å². The molecule has 0 radical (unpaired) electrons. The van der Waals surface area contributed by atoms with E-state index in [1.165, 1.54) is 0 Å². The Morgan fingerprint density at radius 3 is 2.73 bits per heavy atom. The van der Waals surface area contributed by atoms with Gasteiger partial charge in [-0.3, -0.25) is 0 Å². The van der Waals surface area contributed by atoms with Gasteiger partial charge in [0.15, 0.2) is 0 Å². The zero-order chi connectivity index (χ0) is 11.4. The van der Waals surface area contributed by atoms with E-state index in [2.05, 4.69) is 5.32 Å². The summed E-state index contributed by atoms with van der Waals surface area (Å²) in [6.07, 6.45) is 0. The third-order valence-corrected chi connectivity index (χ3v) is 2.34. The number of carbonyl (C=O) groups is 1. The number of carbonyl (C=O) groups excluding carboxylic acids is 1. The van der Waals surface area contributed by atoms with E-state index in [0.29, 0.717) is 6.54 Å². The Balaban J connectivity index is 2.73.